The van der Waals surface area contributed by atoms with Crippen LogP contribution in [0, 0.1) is 5.92 Å². The first kappa shape index (κ1) is 10.8. The lowest BCUT2D eigenvalue weighted by molar-refractivity contribution is 0.333. The van der Waals surface area contributed by atoms with E-state index >= 15 is 0 Å². The zero-order valence-corrected chi connectivity index (χ0v) is 10.5. The van der Waals surface area contributed by atoms with E-state index in [1.165, 1.54) is 19.3 Å². The van der Waals surface area contributed by atoms with Gasteiger partial charge in [0.2, 0.25) is 0 Å². The fourth-order valence-corrected chi connectivity index (χ4v) is 2.10. The maximum Gasteiger partial charge on any atom is 0.143 e. The van der Waals surface area contributed by atoms with Crippen LogP contribution in [0.15, 0.2) is 22.7 Å². The molecule has 2 nitrogen and oxygen atoms in total. The first-order chi connectivity index (χ1) is 7.29. The highest BCUT2D eigenvalue weighted by Crippen LogP contribution is 2.30. The Labute approximate surface area is 99.1 Å². The first-order valence-electron chi connectivity index (χ1n) is 5.37. The van der Waals surface area contributed by atoms with Crippen LogP contribution in [-0.2, 0) is 0 Å². The van der Waals surface area contributed by atoms with Crippen LogP contribution < -0.4 is 10.1 Å². The Bertz CT molecular complexity index is 336. The van der Waals surface area contributed by atoms with Crippen molar-refractivity contribution in [3.8, 4) is 5.75 Å². The number of anilines is 1. The quantitative estimate of drug-likeness (QED) is 0.901. The summed E-state index contributed by atoms with van der Waals surface area (Å²) < 4.78 is 6.37. The van der Waals surface area contributed by atoms with Crippen LogP contribution in [0.1, 0.15) is 19.3 Å². The van der Waals surface area contributed by atoms with Gasteiger partial charge in [-0.15, -0.1) is 0 Å². The molecular formula is C12H16BrNO. The minimum Gasteiger partial charge on any atom is -0.495 e. The number of ether oxygens (including phenoxy) is 1. The highest BCUT2D eigenvalue weighted by Gasteiger charge is 2.17. The van der Waals surface area contributed by atoms with E-state index < -0.39 is 0 Å². The molecule has 0 radical (unpaired) electrons. The molecule has 0 amide bonds. The number of methoxy groups -OCH3 is 1. The van der Waals surface area contributed by atoms with Crippen molar-refractivity contribution in [2.45, 2.75) is 19.3 Å². The second kappa shape index (κ2) is 4.88. The molecule has 0 atom stereocenters. The van der Waals surface area contributed by atoms with Gasteiger partial charge in [0.05, 0.1) is 12.8 Å². The Morgan fingerprint density at radius 3 is 2.87 bits per heavy atom. The molecule has 2 rings (SSSR count). The van der Waals surface area contributed by atoms with Crippen molar-refractivity contribution in [3.05, 3.63) is 22.7 Å². The zero-order chi connectivity index (χ0) is 10.7. The topological polar surface area (TPSA) is 21.3 Å². The highest BCUT2D eigenvalue weighted by molar-refractivity contribution is 9.10. The largest absolute Gasteiger partial charge is 0.495 e. The van der Waals surface area contributed by atoms with Crippen LogP contribution in [0.5, 0.6) is 5.75 Å². The molecular weight excluding hydrogens is 254 g/mol. The lowest BCUT2D eigenvalue weighted by Gasteiger charge is -2.26. The summed E-state index contributed by atoms with van der Waals surface area (Å²) in [7, 11) is 1.70. The second-order valence-electron chi connectivity index (χ2n) is 4.02. The molecule has 0 aliphatic heterocycles. The van der Waals surface area contributed by atoms with E-state index in [0.717, 1.165) is 28.4 Å². The van der Waals surface area contributed by atoms with Crippen LogP contribution in [0.3, 0.4) is 0 Å². The average molecular weight is 270 g/mol. The summed E-state index contributed by atoms with van der Waals surface area (Å²) in [6.45, 7) is 1.07. The number of hydrogen-bond acceptors (Lipinski definition) is 2. The van der Waals surface area contributed by atoms with Crippen LogP contribution >= 0.6 is 15.9 Å². The molecule has 1 N–H and O–H groups in total. The predicted molar refractivity (Wildman–Crippen MR) is 66.5 cm³/mol. The van der Waals surface area contributed by atoms with Gasteiger partial charge in [-0.2, -0.15) is 0 Å². The maximum atomic E-state index is 5.32. The van der Waals surface area contributed by atoms with Gasteiger partial charge in [0.1, 0.15) is 5.75 Å². The van der Waals surface area contributed by atoms with Crippen LogP contribution in [0.2, 0.25) is 0 Å². The van der Waals surface area contributed by atoms with Gasteiger partial charge in [0.25, 0.3) is 0 Å². The summed E-state index contributed by atoms with van der Waals surface area (Å²) >= 11 is 3.43. The third-order valence-electron chi connectivity index (χ3n) is 2.97. The molecule has 0 aromatic heterocycles. The molecule has 1 aliphatic rings. The SMILES string of the molecule is COc1cc(Br)ccc1NCC1CCC1. The summed E-state index contributed by atoms with van der Waals surface area (Å²) in [5.74, 6) is 1.77. The van der Waals surface area contributed by atoms with E-state index in [2.05, 4.69) is 27.3 Å². The maximum absolute atomic E-state index is 5.32. The predicted octanol–water partition coefficient (Wildman–Crippen LogP) is 3.67. The molecule has 3 heteroatoms. The molecule has 15 heavy (non-hydrogen) atoms. The molecule has 1 aromatic rings. The van der Waals surface area contributed by atoms with Gasteiger partial charge in [-0.3, -0.25) is 0 Å². The minimum absolute atomic E-state index is 0.860. The van der Waals surface area contributed by atoms with Gasteiger partial charge in [-0.05, 0) is 37.0 Å². The van der Waals surface area contributed by atoms with Gasteiger partial charge >= 0.3 is 0 Å². The van der Waals surface area contributed by atoms with Gasteiger partial charge in [-0.25, -0.2) is 0 Å². The smallest absolute Gasteiger partial charge is 0.143 e. The van der Waals surface area contributed by atoms with E-state index in [-0.39, 0.29) is 0 Å². The molecule has 1 aromatic carbocycles. The lowest BCUT2D eigenvalue weighted by Crippen LogP contribution is -2.21. The Kier molecular flexibility index (Phi) is 3.52. The zero-order valence-electron chi connectivity index (χ0n) is 8.92. The number of benzene rings is 1. The lowest BCUT2D eigenvalue weighted by atomic mass is 9.85. The molecule has 0 bridgehead atoms. The third-order valence-corrected chi connectivity index (χ3v) is 3.46. The van der Waals surface area contributed by atoms with Gasteiger partial charge < -0.3 is 10.1 Å². The van der Waals surface area contributed by atoms with E-state index in [1.54, 1.807) is 7.11 Å². The Morgan fingerprint density at radius 1 is 1.47 bits per heavy atom. The van der Waals surface area contributed by atoms with Crippen molar-refractivity contribution >= 4 is 21.6 Å². The number of rotatable bonds is 4. The summed E-state index contributed by atoms with van der Waals surface area (Å²) in [5.41, 5.74) is 1.09. The number of hydrogen-bond donors (Lipinski definition) is 1. The van der Waals surface area contributed by atoms with E-state index in [1.807, 2.05) is 12.1 Å². The normalized spacial score (nSPS) is 15.9. The Hall–Kier alpha value is -0.700. The standard InChI is InChI=1S/C12H16BrNO/c1-15-12-7-10(13)5-6-11(12)14-8-9-3-2-4-9/h5-7,9,14H,2-4,8H2,1H3. The number of halogens is 1. The van der Waals surface area contributed by atoms with Crippen molar-refractivity contribution in [2.75, 3.05) is 19.0 Å². The molecule has 82 valence electrons. The second-order valence-corrected chi connectivity index (χ2v) is 4.94. The van der Waals surface area contributed by atoms with Gasteiger partial charge in [-0.1, -0.05) is 22.4 Å². The fraction of sp³-hybridized carbons (Fsp3) is 0.500. The molecule has 0 saturated heterocycles. The van der Waals surface area contributed by atoms with Crippen molar-refractivity contribution < 1.29 is 4.74 Å². The summed E-state index contributed by atoms with van der Waals surface area (Å²) in [5, 5.41) is 3.45. The van der Waals surface area contributed by atoms with Crippen LogP contribution in [-0.4, -0.2) is 13.7 Å². The third kappa shape index (κ3) is 2.65. The van der Waals surface area contributed by atoms with Crippen LogP contribution in [0.25, 0.3) is 0 Å². The number of nitrogens with one attached hydrogen (secondary N) is 1. The first-order valence-corrected chi connectivity index (χ1v) is 6.16. The summed E-state index contributed by atoms with van der Waals surface area (Å²) in [6.07, 6.45) is 4.13. The van der Waals surface area contributed by atoms with E-state index in [4.69, 9.17) is 4.74 Å². The Balaban J connectivity index is 1.99. The van der Waals surface area contributed by atoms with E-state index in [0.29, 0.717) is 0 Å². The fourth-order valence-electron chi connectivity index (χ4n) is 1.76. The molecule has 1 fully saturated rings. The Morgan fingerprint density at radius 2 is 2.27 bits per heavy atom. The summed E-state index contributed by atoms with van der Waals surface area (Å²) in [4.78, 5) is 0. The van der Waals surface area contributed by atoms with Crippen molar-refractivity contribution in [3.63, 3.8) is 0 Å². The molecule has 0 spiro atoms. The molecule has 0 heterocycles. The van der Waals surface area contributed by atoms with Crippen molar-refractivity contribution in [1.82, 2.24) is 0 Å². The van der Waals surface area contributed by atoms with Crippen molar-refractivity contribution in [1.29, 1.82) is 0 Å². The molecule has 0 unspecified atom stereocenters. The molecule has 1 aliphatic carbocycles. The highest BCUT2D eigenvalue weighted by atomic mass is 79.9. The molecule has 1 saturated carbocycles. The minimum atomic E-state index is 0.860. The van der Waals surface area contributed by atoms with Gasteiger partial charge in [0, 0.05) is 11.0 Å². The average Bonchev–Trinajstić information content (AvgIpc) is 2.17. The van der Waals surface area contributed by atoms with Gasteiger partial charge in [0.15, 0.2) is 0 Å². The van der Waals surface area contributed by atoms with Crippen LogP contribution in [0.4, 0.5) is 5.69 Å². The van der Waals surface area contributed by atoms with Crippen molar-refractivity contribution in [2.24, 2.45) is 5.92 Å². The van der Waals surface area contributed by atoms with E-state index in [9.17, 15) is 0 Å². The summed E-state index contributed by atoms with van der Waals surface area (Å²) in [6, 6.07) is 6.08. The monoisotopic (exact) mass is 269 g/mol.